The Labute approximate surface area is 122 Å². The second-order valence-electron chi connectivity index (χ2n) is 3.96. The molecule has 0 aliphatic carbocycles. The van der Waals surface area contributed by atoms with E-state index in [9.17, 15) is 0 Å². The fourth-order valence-electron chi connectivity index (χ4n) is 1.50. The number of halogens is 1. The van der Waals surface area contributed by atoms with Gasteiger partial charge >= 0.3 is 0 Å². The van der Waals surface area contributed by atoms with Crippen molar-refractivity contribution in [2.45, 2.75) is 13.8 Å². The molecule has 0 aliphatic heterocycles. The standard InChI is InChI=1S/C12H11N.C4H11N.ClH/c1-3-7-11(8-4-1)13-12-9-5-2-6-10-12;1-3-5-4-2;/h1-10,13H;5H,3-4H2,1-2H3;1H. The summed E-state index contributed by atoms with van der Waals surface area (Å²) in [6, 6.07) is 20.3. The van der Waals surface area contributed by atoms with E-state index in [1.165, 1.54) is 13.1 Å². The van der Waals surface area contributed by atoms with Gasteiger partial charge < -0.3 is 23.0 Å². The van der Waals surface area contributed by atoms with E-state index in [4.69, 9.17) is 0 Å². The molecule has 104 valence electrons. The molecule has 0 aromatic heterocycles. The van der Waals surface area contributed by atoms with Gasteiger partial charge in [-0.2, -0.15) is 0 Å². The Balaban J connectivity index is 0.000000471. The summed E-state index contributed by atoms with van der Waals surface area (Å²) >= 11 is 0. The van der Waals surface area contributed by atoms with Gasteiger partial charge in [0.05, 0.1) is 13.1 Å². The zero-order chi connectivity index (χ0) is 13.1. The third-order valence-corrected chi connectivity index (χ3v) is 2.41. The first-order valence-corrected chi connectivity index (χ1v) is 6.55. The highest BCUT2D eigenvalue weighted by atomic mass is 35.5. The van der Waals surface area contributed by atoms with Gasteiger partial charge in [-0.1, -0.05) is 36.4 Å². The van der Waals surface area contributed by atoms with E-state index in [1.807, 2.05) is 60.7 Å². The van der Waals surface area contributed by atoms with Crippen LogP contribution >= 0.6 is 0 Å². The molecule has 0 saturated heterocycles. The van der Waals surface area contributed by atoms with Crippen LogP contribution in [0.1, 0.15) is 13.8 Å². The largest absolute Gasteiger partial charge is 1.00 e. The summed E-state index contributed by atoms with van der Waals surface area (Å²) in [5.74, 6) is 0. The maximum atomic E-state index is 3.30. The molecule has 0 amide bonds. The molecular weight excluding hydrogens is 256 g/mol. The summed E-state index contributed by atoms with van der Waals surface area (Å²) in [6.07, 6.45) is 0. The van der Waals surface area contributed by atoms with Crippen LogP contribution in [-0.4, -0.2) is 13.1 Å². The fraction of sp³-hybridized carbons (Fsp3) is 0.250. The first kappa shape index (κ1) is 17.5. The Morgan fingerprint density at radius 2 is 1.11 bits per heavy atom. The number of hydrogen-bond donors (Lipinski definition) is 2. The van der Waals surface area contributed by atoms with Crippen LogP contribution in [0.25, 0.3) is 0 Å². The average Bonchev–Trinajstić information content (AvgIpc) is 2.43. The molecular formula is C16H23ClN2. The highest BCUT2D eigenvalue weighted by molar-refractivity contribution is 5.58. The van der Waals surface area contributed by atoms with E-state index in [0.29, 0.717) is 0 Å². The van der Waals surface area contributed by atoms with Crippen molar-refractivity contribution in [3.8, 4) is 0 Å². The molecule has 2 aromatic carbocycles. The van der Waals surface area contributed by atoms with E-state index in [1.54, 1.807) is 0 Å². The lowest BCUT2D eigenvalue weighted by atomic mass is 10.3. The second-order valence-corrected chi connectivity index (χ2v) is 3.96. The zero-order valence-electron chi connectivity index (χ0n) is 11.6. The molecule has 19 heavy (non-hydrogen) atoms. The predicted octanol–water partition coefficient (Wildman–Crippen LogP) is 0.0238. The molecule has 0 heterocycles. The summed E-state index contributed by atoms with van der Waals surface area (Å²) < 4.78 is 0. The third-order valence-electron chi connectivity index (χ3n) is 2.41. The van der Waals surface area contributed by atoms with Gasteiger partial charge in [0.15, 0.2) is 0 Å². The van der Waals surface area contributed by atoms with Gasteiger partial charge in [0, 0.05) is 11.4 Å². The normalized spacial score (nSPS) is 8.74. The molecule has 0 unspecified atom stereocenters. The summed E-state index contributed by atoms with van der Waals surface area (Å²) in [7, 11) is 0. The molecule has 3 N–H and O–H groups in total. The van der Waals surface area contributed by atoms with Crippen LogP contribution in [0.2, 0.25) is 0 Å². The molecule has 0 bridgehead atoms. The van der Waals surface area contributed by atoms with Crippen molar-refractivity contribution in [2.75, 3.05) is 18.4 Å². The van der Waals surface area contributed by atoms with E-state index < -0.39 is 0 Å². The monoisotopic (exact) mass is 278 g/mol. The van der Waals surface area contributed by atoms with E-state index in [2.05, 4.69) is 24.5 Å². The number of nitrogens with one attached hydrogen (secondary N) is 1. The lowest BCUT2D eigenvalue weighted by molar-refractivity contribution is -0.648. The van der Waals surface area contributed by atoms with Crippen LogP contribution in [0.3, 0.4) is 0 Å². The number of para-hydroxylation sites is 2. The van der Waals surface area contributed by atoms with Crippen molar-refractivity contribution in [3.05, 3.63) is 60.7 Å². The zero-order valence-corrected chi connectivity index (χ0v) is 12.4. The highest BCUT2D eigenvalue weighted by Crippen LogP contribution is 2.14. The maximum Gasteiger partial charge on any atom is 0.0726 e. The van der Waals surface area contributed by atoms with Gasteiger partial charge in [0.25, 0.3) is 0 Å². The summed E-state index contributed by atoms with van der Waals surface area (Å²) in [4.78, 5) is 0. The van der Waals surface area contributed by atoms with E-state index >= 15 is 0 Å². The van der Waals surface area contributed by atoms with Crippen molar-refractivity contribution in [3.63, 3.8) is 0 Å². The third kappa shape index (κ3) is 8.25. The van der Waals surface area contributed by atoms with Gasteiger partial charge in [-0.15, -0.1) is 0 Å². The topological polar surface area (TPSA) is 28.6 Å². The first-order chi connectivity index (χ1) is 8.86. The minimum Gasteiger partial charge on any atom is -1.00 e. The van der Waals surface area contributed by atoms with Crippen molar-refractivity contribution in [1.82, 2.24) is 0 Å². The van der Waals surface area contributed by atoms with Crippen LogP contribution < -0.4 is 23.0 Å². The van der Waals surface area contributed by atoms with Gasteiger partial charge in [-0.3, -0.25) is 0 Å². The predicted molar refractivity (Wildman–Crippen MR) is 79.2 cm³/mol. The summed E-state index contributed by atoms with van der Waals surface area (Å²) in [5, 5.41) is 5.55. The molecule has 2 aromatic rings. The van der Waals surface area contributed by atoms with Gasteiger partial charge in [0.1, 0.15) is 0 Å². The van der Waals surface area contributed by atoms with Crippen LogP contribution in [-0.2, 0) is 0 Å². The molecule has 0 fully saturated rings. The average molecular weight is 279 g/mol. The van der Waals surface area contributed by atoms with Crippen LogP contribution in [0.5, 0.6) is 0 Å². The summed E-state index contributed by atoms with van der Waals surface area (Å²) in [6.45, 7) is 6.75. The molecule has 3 heteroatoms. The number of anilines is 2. The molecule has 0 saturated carbocycles. The minimum atomic E-state index is 0. The van der Waals surface area contributed by atoms with Crippen molar-refractivity contribution < 1.29 is 17.7 Å². The Bertz CT molecular complexity index is 364. The van der Waals surface area contributed by atoms with Crippen LogP contribution in [0, 0.1) is 0 Å². The van der Waals surface area contributed by atoms with Crippen LogP contribution in [0.15, 0.2) is 60.7 Å². The first-order valence-electron chi connectivity index (χ1n) is 6.55. The number of hydrogen-bond acceptors (Lipinski definition) is 1. The van der Waals surface area contributed by atoms with Gasteiger partial charge in [-0.25, -0.2) is 0 Å². The van der Waals surface area contributed by atoms with Crippen LogP contribution in [0.4, 0.5) is 11.4 Å². The lowest BCUT2D eigenvalue weighted by Crippen LogP contribution is -3.00. The molecule has 0 atom stereocenters. The maximum absolute atomic E-state index is 3.30. The fourth-order valence-corrected chi connectivity index (χ4v) is 1.50. The Kier molecular flexibility index (Phi) is 10.7. The lowest BCUT2D eigenvalue weighted by Gasteiger charge is -2.04. The molecule has 2 rings (SSSR count). The molecule has 0 radical (unpaired) electrons. The number of rotatable bonds is 4. The Morgan fingerprint density at radius 3 is 1.37 bits per heavy atom. The smallest absolute Gasteiger partial charge is 0.0726 e. The van der Waals surface area contributed by atoms with E-state index in [0.717, 1.165) is 11.4 Å². The van der Waals surface area contributed by atoms with Crippen molar-refractivity contribution >= 4 is 11.4 Å². The SMILES string of the molecule is CC[NH2+]CC.[Cl-].c1ccc(Nc2ccccc2)cc1. The quantitative estimate of drug-likeness (QED) is 0.811. The molecule has 0 aliphatic rings. The summed E-state index contributed by atoms with van der Waals surface area (Å²) in [5.41, 5.74) is 2.24. The second kappa shape index (κ2) is 11.6. The number of quaternary nitrogens is 1. The minimum absolute atomic E-state index is 0. The number of nitrogens with two attached hydrogens (primary N) is 1. The van der Waals surface area contributed by atoms with Crippen molar-refractivity contribution in [1.29, 1.82) is 0 Å². The molecule has 0 spiro atoms. The van der Waals surface area contributed by atoms with Gasteiger partial charge in [-0.05, 0) is 38.1 Å². The van der Waals surface area contributed by atoms with E-state index in [-0.39, 0.29) is 12.4 Å². The number of benzene rings is 2. The Hall–Kier alpha value is -1.51. The highest BCUT2D eigenvalue weighted by Gasteiger charge is 1.89. The van der Waals surface area contributed by atoms with Crippen molar-refractivity contribution in [2.24, 2.45) is 0 Å². The molecule has 2 nitrogen and oxygen atoms in total. The van der Waals surface area contributed by atoms with Gasteiger partial charge in [0.2, 0.25) is 0 Å². The Morgan fingerprint density at radius 1 is 0.737 bits per heavy atom.